The topological polar surface area (TPSA) is 93.1 Å². The molecule has 0 aliphatic heterocycles. The SMILES string of the molecule is Cc1ccc(-n2c(SCC(=O)NC(=O)NC(C)(C)C)nc3ccccc3c2=O)cc1. The van der Waals surface area contributed by atoms with E-state index < -0.39 is 17.5 Å². The Bertz CT molecular complexity index is 1150. The van der Waals surface area contributed by atoms with Gasteiger partial charge in [-0.25, -0.2) is 9.78 Å². The molecule has 1 aromatic heterocycles. The smallest absolute Gasteiger partial charge is 0.321 e. The molecule has 0 fully saturated rings. The van der Waals surface area contributed by atoms with E-state index in [9.17, 15) is 14.4 Å². The van der Waals surface area contributed by atoms with Crippen molar-refractivity contribution in [3.05, 3.63) is 64.4 Å². The predicted octanol–water partition coefficient (Wildman–Crippen LogP) is 3.41. The Morgan fingerprint density at radius 2 is 1.73 bits per heavy atom. The molecule has 1 heterocycles. The maximum atomic E-state index is 13.2. The zero-order valence-electron chi connectivity index (χ0n) is 17.4. The molecule has 30 heavy (non-hydrogen) atoms. The van der Waals surface area contributed by atoms with Crippen LogP contribution in [-0.4, -0.2) is 32.8 Å². The van der Waals surface area contributed by atoms with E-state index in [0.29, 0.717) is 21.7 Å². The number of aromatic nitrogens is 2. The van der Waals surface area contributed by atoms with Crippen molar-refractivity contribution in [2.75, 3.05) is 5.75 Å². The highest BCUT2D eigenvalue weighted by Gasteiger charge is 2.18. The number of imide groups is 1. The monoisotopic (exact) mass is 424 g/mol. The van der Waals surface area contributed by atoms with Crippen LogP contribution in [0.25, 0.3) is 16.6 Å². The van der Waals surface area contributed by atoms with Crippen LogP contribution in [0.2, 0.25) is 0 Å². The Kier molecular flexibility index (Phi) is 6.26. The van der Waals surface area contributed by atoms with E-state index in [4.69, 9.17) is 0 Å². The lowest BCUT2D eigenvalue weighted by Gasteiger charge is -2.20. The third-order valence-corrected chi connectivity index (χ3v) is 5.05. The van der Waals surface area contributed by atoms with Gasteiger partial charge in [0.15, 0.2) is 5.16 Å². The molecule has 0 bridgehead atoms. The van der Waals surface area contributed by atoms with Gasteiger partial charge in [-0.15, -0.1) is 0 Å². The minimum atomic E-state index is -0.560. The third kappa shape index (κ3) is 5.27. The normalized spacial score (nSPS) is 11.3. The lowest BCUT2D eigenvalue weighted by molar-refractivity contribution is -0.117. The summed E-state index contributed by atoms with van der Waals surface area (Å²) in [5.41, 5.74) is 1.62. The largest absolute Gasteiger partial charge is 0.333 e. The number of thioether (sulfide) groups is 1. The number of nitrogens with one attached hydrogen (secondary N) is 2. The summed E-state index contributed by atoms with van der Waals surface area (Å²) in [5.74, 6) is -0.534. The number of carbonyl (C=O) groups is 2. The second-order valence-electron chi connectivity index (χ2n) is 7.93. The average Bonchev–Trinajstić information content (AvgIpc) is 2.66. The Morgan fingerprint density at radius 3 is 2.40 bits per heavy atom. The first-order chi connectivity index (χ1) is 14.1. The number of urea groups is 1. The van der Waals surface area contributed by atoms with Gasteiger partial charge in [-0.3, -0.25) is 19.5 Å². The number of hydrogen-bond acceptors (Lipinski definition) is 5. The fourth-order valence-electron chi connectivity index (χ4n) is 2.80. The molecule has 0 spiro atoms. The van der Waals surface area contributed by atoms with E-state index in [1.807, 2.05) is 58.0 Å². The quantitative estimate of drug-likeness (QED) is 0.495. The number of hydrogen-bond donors (Lipinski definition) is 2. The van der Waals surface area contributed by atoms with Crippen LogP contribution in [0.3, 0.4) is 0 Å². The van der Waals surface area contributed by atoms with Gasteiger partial charge in [0.1, 0.15) is 0 Å². The number of rotatable bonds is 4. The Labute approximate surface area is 178 Å². The van der Waals surface area contributed by atoms with Crippen LogP contribution in [0, 0.1) is 6.92 Å². The van der Waals surface area contributed by atoms with Crippen LogP contribution in [-0.2, 0) is 4.79 Å². The van der Waals surface area contributed by atoms with E-state index in [0.717, 1.165) is 17.3 Å². The molecule has 3 rings (SSSR count). The first kappa shape index (κ1) is 21.6. The van der Waals surface area contributed by atoms with Crippen molar-refractivity contribution < 1.29 is 9.59 Å². The fraction of sp³-hybridized carbons (Fsp3) is 0.273. The van der Waals surface area contributed by atoms with Crippen molar-refractivity contribution >= 4 is 34.6 Å². The molecule has 7 nitrogen and oxygen atoms in total. The van der Waals surface area contributed by atoms with Gasteiger partial charge < -0.3 is 5.32 Å². The zero-order valence-corrected chi connectivity index (χ0v) is 18.2. The van der Waals surface area contributed by atoms with Gasteiger partial charge in [0.25, 0.3) is 5.56 Å². The molecule has 8 heteroatoms. The second kappa shape index (κ2) is 8.71. The molecule has 0 aliphatic rings. The fourth-order valence-corrected chi connectivity index (χ4v) is 3.61. The molecule has 0 unspecified atom stereocenters. The predicted molar refractivity (Wildman–Crippen MR) is 119 cm³/mol. The number of para-hydroxylation sites is 1. The number of amides is 3. The van der Waals surface area contributed by atoms with Crippen LogP contribution in [0.5, 0.6) is 0 Å². The van der Waals surface area contributed by atoms with E-state index in [-0.39, 0.29) is 11.3 Å². The third-order valence-electron chi connectivity index (χ3n) is 4.11. The summed E-state index contributed by atoms with van der Waals surface area (Å²) in [6, 6.07) is 14.0. The Balaban J connectivity index is 1.90. The summed E-state index contributed by atoms with van der Waals surface area (Å²) in [6.07, 6.45) is 0. The molecule has 0 radical (unpaired) electrons. The molecule has 0 saturated carbocycles. The molecule has 0 saturated heterocycles. The molecule has 156 valence electrons. The van der Waals surface area contributed by atoms with Crippen molar-refractivity contribution in [2.45, 2.75) is 38.4 Å². The maximum absolute atomic E-state index is 13.2. The molecule has 2 N–H and O–H groups in total. The number of carbonyl (C=O) groups excluding carboxylic acids is 2. The Hall–Kier alpha value is -3.13. The minimum Gasteiger partial charge on any atom is -0.333 e. The lowest BCUT2D eigenvalue weighted by atomic mass is 10.1. The summed E-state index contributed by atoms with van der Waals surface area (Å²) < 4.78 is 1.49. The van der Waals surface area contributed by atoms with Gasteiger partial charge in [0.2, 0.25) is 5.91 Å². The van der Waals surface area contributed by atoms with Crippen molar-refractivity contribution in [2.24, 2.45) is 0 Å². The van der Waals surface area contributed by atoms with Gasteiger partial charge in [0.05, 0.1) is 22.3 Å². The number of nitrogens with zero attached hydrogens (tertiary/aromatic N) is 2. The van der Waals surface area contributed by atoms with Crippen LogP contribution < -0.4 is 16.2 Å². The van der Waals surface area contributed by atoms with Crippen molar-refractivity contribution in [3.63, 3.8) is 0 Å². The summed E-state index contributed by atoms with van der Waals surface area (Å²) in [7, 11) is 0. The summed E-state index contributed by atoms with van der Waals surface area (Å²) in [6.45, 7) is 7.44. The van der Waals surface area contributed by atoms with Gasteiger partial charge >= 0.3 is 6.03 Å². The number of aryl methyl sites for hydroxylation is 1. The Morgan fingerprint density at radius 1 is 1.07 bits per heavy atom. The minimum absolute atomic E-state index is 0.0613. The van der Waals surface area contributed by atoms with Gasteiger partial charge in [-0.1, -0.05) is 41.6 Å². The van der Waals surface area contributed by atoms with Crippen LogP contribution >= 0.6 is 11.8 Å². The van der Waals surface area contributed by atoms with Crippen LogP contribution in [0.15, 0.2) is 58.5 Å². The molecular weight excluding hydrogens is 400 g/mol. The molecular formula is C22H24N4O3S. The molecule has 3 amide bonds. The average molecular weight is 425 g/mol. The van der Waals surface area contributed by atoms with E-state index in [1.165, 1.54) is 4.57 Å². The molecule has 0 aliphatic carbocycles. The van der Waals surface area contributed by atoms with E-state index in [1.54, 1.807) is 18.2 Å². The van der Waals surface area contributed by atoms with Crippen LogP contribution in [0.1, 0.15) is 26.3 Å². The van der Waals surface area contributed by atoms with E-state index >= 15 is 0 Å². The summed E-state index contributed by atoms with van der Waals surface area (Å²) in [5, 5.41) is 5.85. The first-order valence-corrected chi connectivity index (χ1v) is 10.5. The molecule has 0 atom stereocenters. The summed E-state index contributed by atoms with van der Waals surface area (Å²) in [4.78, 5) is 41.9. The van der Waals surface area contributed by atoms with Crippen molar-refractivity contribution in [3.8, 4) is 5.69 Å². The lowest BCUT2D eigenvalue weighted by Crippen LogP contribution is -2.48. The van der Waals surface area contributed by atoms with Gasteiger partial charge in [-0.05, 0) is 52.0 Å². The van der Waals surface area contributed by atoms with Crippen molar-refractivity contribution in [1.29, 1.82) is 0 Å². The number of benzene rings is 2. The van der Waals surface area contributed by atoms with E-state index in [2.05, 4.69) is 15.6 Å². The highest BCUT2D eigenvalue weighted by Crippen LogP contribution is 2.21. The zero-order chi connectivity index (χ0) is 21.9. The highest BCUT2D eigenvalue weighted by molar-refractivity contribution is 7.99. The van der Waals surface area contributed by atoms with Crippen LogP contribution in [0.4, 0.5) is 4.79 Å². The molecule has 3 aromatic rings. The summed E-state index contributed by atoms with van der Waals surface area (Å²) >= 11 is 1.10. The van der Waals surface area contributed by atoms with Crippen molar-refractivity contribution in [1.82, 2.24) is 20.2 Å². The number of fused-ring (bicyclic) bond motifs is 1. The molecule has 2 aromatic carbocycles. The van der Waals surface area contributed by atoms with Gasteiger partial charge in [-0.2, -0.15) is 0 Å². The maximum Gasteiger partial charge on any atom is 0.321 e. The second-order valence-corrected chi connectivity index (χ2v) is 8.87. The van der Waals surface area contributed by atoms with Gasteiger partial charge in [0, 0.05) is 5.54 Å². The standard InChI is InChI=1S/C22H24N4O3S/c1-14-9-11-15(12-10-14)26-19(28)16-7-5-6-8-17(16)23-21(26)30-13-18(27)24-20(29)25-22(2,3)4/h5-12H,13H2,1-4H3,(H2,24,25,27,29). The first-order valence-electron chi connectivity index (χ1n) is 9.48. The highest BCUT2D eigenvalue weighted by atomic mass is 32.2.